The lowest BCUT2D eigenvalue weighted by molar-refractivity contribution is -0.113. The molecule has 8 heteroatoms. The number of H-pyrrole nitrogens is 1. The Bertz CT molecular complexity index is 894. The number of fused-ring (bicyclic) bond motifs is 1. The van der Waals surface area contributed by atoms with Crippen molar-refractivity contribution >= 4 is 45.0 Å². The number of carbonyl (C=O) groups excluding carboxylic acids is 1. The van der Waals surface area contributed by atoms with Crippen LogP contribution in [0.1, 0.15) is 5.56 Å². The van der Waals surface area contributed by atoms with Crippen molar-refractivity contribution < 1.29 is 9.53 Å². The normalized spacial score (nSPS) is 10.4. The summed E-state index contributed by atoms with van der Waals surface area (Å²) < 4.78 is 5.17. The lowest BCUT2D eigenvalue weighted by Gasteiger charge is -2.01. The average molecular weight is 344 g/mol. The van der Waals surface area contributed by atoms with Crippen LogP contribution in [0.4, 0.5) is 5.00 Å². The fourth-order valence-electron chi connectivity index (χ4n) is 1.95. The molecule has 0 aliphatic heterocycles. The maximum atomic E-state index is 12.0. The number of hydrogen-bond donors (Lipinski definition) is 2. The van der Waals surface area contributed by atoms with Crippen LogP contribution in [0.25, 0.3) is 11.0 Å². The molecule has 0 unspecified atom stereocenters. The highest BCUT2D eigenvalue weighted by Gasteiger charge is 2.10. The Balaban J connectivity index is 1.64. The second kappa shape index (κ2) is 6.73. The van der Waals surface area contributed by atoms with Gasteiger partial charge in [0.25, 0.3) is 0 Å². The predicted octanol–water partition coefficient (Wildman–Crippen LogP) is 3.24. The van der Waals surface area contributed by atoms with Crippen molar-refractivity contribution in [2.45, 2.75) is 5.16 Å². The molecule has 23 heavy (non-hydrogen) atoms. The second-order valence-corrected chi connectivity index (χ2v) is 6.42. The van der Waals surface area contributed by atoms with Crippen LogP contribution in [0.5, 0.6) is 5.75 Å². The highest BCUT2D eigenvalue weighted by Crippen LogP contribution is 2.25. The van der Waals surface area contributed by atoms with E-state index in [0.717, 1.165) is 16.8 Å². The van der Waals surface area contributed by atoms with Crippen molar-refractivity contribution in [2.75, 3.05) is 18.2 Å². The molecule has 2 aromatic heterocycles. The van der Waals surface area contributed by atoms with E-state index in [1.807, 2.05) is 24.3 Å². The molecule has 0 aliphatic carbocycles. The number of aromatic amines is 1. The molecule has 1 aromatic carbocycles. The van der Waals surface area contributed by atoms with E-state index in [-0.39, 0.29) is 11.7 Å². The van der Waals surface area contributed by atoms with Gasteiger partial charge < -0.3 is 15.0 Å². The number of carbonyl (C=O) groups is 1. The summed E-state index contributed by atoms with van der Waals surface area (Å²) in [5.74, 6) is 0.781. The van der Waals surface area contributed by atoms with Gasteiger partial charge >= 0.3 is 0 Å². The third-order valence-corrected chi connectivity index (χ3v) is 4.75. The number of ether oxygens (including phenoxy) is 1. The van der Waals surface area contributed by atoms with Crippen molar-refractivity contribution in [3.05, 3.63) is 35.2 Å². The van der Waals surface area contributed by atoms with Crippen molar-refractivity contribution in [1.82, 2.24) is 9.97 Å². The molecule has 0 saturated heterocycles. The van der Waals surface area contributed by atoms with Gasteiger partial charge in [0.15, 0.2) is 5.16 Å². The summed E-state index contributed by atoms with van der Waals surface area (Å²) in [4.78, 5) is 19.5. The summed E-state index contributed by atoms with van der Waals surface area (Å²) in [5, 5.41) is 14.7. The van der Waals surface area contributed by atoms with Gasteiger partial charge in [0, 0.05) is 6.07 Å². The first-order valence-electron chi connectivity index (χ1n) is 6.63. The van der Waals surface area contributed by atoms with Crippen molar-refractivity contribution in [3.63, 3.8) is 0 Å². The summed E-state index contributed by atoms with van der Waals surface area (Å²) in [6, 6.07) is 9.28. The van der Waals surface area contributed by atoms with Gasteiger partial charge in [-0.3, -0.25) is 4.79 Å². The molecule has 2 N–H and O–H groups in total. The van der Waals surface area contributed by atoms with E-state index < -0.39 is 0 Å². The zero-order chi connectivity index (χ0) is 16.2. The van der Waals surface area contributed by atoms with E-state index in [2.05, 4.69) is 15.3 Å². The molecule has 0 aliphatic rings. The number of rotatable bonds is 5. The Kier molecular flexibility index (Phi) is 4.50. The monoisotopic (exact) mass is 344 g/mol. The fourth-order valence-corrected chi connectivity index (χ4v) is 3.39. The van der Waals surface area contributed by atoms with Crippen LogP contribution in [-0.2, 0) is 4.79 Å². The number of nitrogens with one attached hydrogen (secondary N) is 2. The Morgan fingerprint density at radius 3 is 3.17 bits per heavy atom. The van der Waals surface area contributed by atoms with E-state index in [1.165, 1.54) is 23.1 Å². The van der Waals surface area contributed by atoms with Crippen LogP contribution >= 0.6 is 23.1 Å². The Labute approximate surface area is 140 Å². The minimum absolute atomic E-state index is 0.174. The summed E-state index contributed by atoms with van der Waals surface area (Å²) in [6.07, 6.45) is 0. The number of amides is 1. The molecule has 6 nitrogen and oxygen atoms in total. The first-order chi connectivity index (χ1) is 11.2. The van der Waals surface area contributed by atoms with Gasteiger partial charge in [-0.05, 0) is 23.6 Å². The molecule has 3 aromatic rings. The van der Waals surface area contributed by atoms with Gasteiger partial charge in [0.2, 0.25) is 5.91 Å². The number of methoxy groups -OCH3 is 1. The smallest absolute Gasteiger partial charge is 0.235 e. The van der Waals surface area contributed by atoms with E-state index in [0.29, 0.717) is 15.7 Å². The highest BCUT2D eigenvalue weighted by molar-refractivity contribution is 7.99. The number of thioether (sulfide) groups is 1. The number of thiophene rings is 1. The standard InChI is InChI=1S/C15H12N4O2S2/c1-21-10-2-3-11-12(6-10)18-15(17-11)23-8-13(20)19-14-9(7-16)4-5-22-14/h2-6H,8H2,1H3,(H,17,18)(H,19,20). The van der Waals surface area contributed by atoms with Gasteiger partial charge in [0.1, 0.15) is 16.8 Å². The van der Waals surface area contributed by atoms with Gasteiger partial charge in [-0.25, -0.2) is 4.98 Å². The summed E-state index contributed by atoms with van der Waals surface area (Å²) in [6.45, 7) is 0. The van der Waals surface area contributed by atoms with E-state index in [9.17, 15) is 4.79 Å². The van der Waals surface area contributed by atoms with Gasteiger partial charge in [-0.1, -0.05) is 11.8 Å². The number of nitrogens with zero attached hydrogens (tertiary/aromatic N) is 2. The van der Waals surface area contributed by atoms with Crippen LogP contribution in [-0.4, -0.2) is 28.7 Å². The van der Waals surface area contributed by atoms with Gasteiger partial charge in [-0.15, -0.1) is 11.3 Å². The van der Waals surface area contributed by atoms with E-state index in [4.69, 9.17) is 10.00 Å². The average Bonchev–Trinajstić information content (AvgIpc) is 3.17. The predicted molar refractivity (Wildman–Crippen MR) is 91.0 cm³/mol. The first kappa shape index (κ1) is 15.4. The van der Waals surface area contributed by atoms with Crippen LogP contribution in [0.2, 0.25) is 0 Å². The SMILES string of the molecule is COc1ccc2nc(SCC(=O)Nc3sccc3C#N)[nH]c2c1. The maximum absolute atomic E-state index is 12.0. The minimum Gasteiger partial charge on any atom is -0.497 e. The lowest BCUT2D eigenvalue weighted by Crippen LogP contribution is -2.13. The van der Waals surface area contributed by atoms with Gasteiger partial charge in [-0.2, -0.15) is 5.26 Å². The number of benzene rings is 1. The molecule has 0 fully saturated rings. The van der Waals surface area contributed by atoms with Gasteiger partial charge in [0.05, 0.1) is 29.5 Å². The van der Waals surface area contributed by atoms with Crippen LogP contribution < -0.4 is 10.1 Å². The highest BCUT2D eigenvalue weighted by atomic mass is 32.2. The number of imidazole rings is 1. The minimum atomic E-state index is -0.174. The molecule has 0 spiro atoms. The zero-order valence-corrected chi connectivity index (χ0v) is 13.8. The Morgan fingerprint density at radius 1 is 1.52 bits per heavy atom. The molecule has 0 bridgehead atoms. The number of nitriles is 1. The quantitative estimate of drug-likeness (QED) is 0.693. The third-order valence-electron chi connectivity index (χ3n) is 3.05. The van der Waals surface area contributed by atoms with Crippen LogP contribution in [0.3, 0.4) is 0 Å². The van der Waals surface area contributed by atoms with E-state index >= 15 is 0 Å². The number of anilines is 1. The molecule has 116 valence electrons. The van der Waals surface area contributed by atoms with Crippen molar-refractivity contribution in [1.29, 1.82) is 5.26 Å². The summed E-state index contributed by atoms with van der Waals surface area (Å²) >= 11 is 2.64. The first-order valence-corrected chi connectivity index (χ1v) is 8.50. The largest absolute Gasteiger partial charge is 0.497 e. The second-order valence-electron chi connectivity index (χ2n) is 4.54. The van der Waals surface area contributed by atoms with E-state index in [1.54, 1.807) is 18.6 Å². The molecule has 2 heterocycles. The van der Waals surface area contributed by atoms with Crippen LogP contribution in [0, 0.1) is 11.3 Å². The molecule has 0 atom stereocenters. The molecule has 0 saturated carbocycles. The summed E-state index contributed by atoms with van der Waals surface area (Å²) in [7, 11) is 1.61. The Morgan fingerprint density at radius 2 is 2.39 bits per heavy atom. The zero-order valence-electron chi connectivity index (χ0n) is 12.1. The molecular formula is C15H12N4O2S2. The summed E-state index contributed by atoms with van der Waals surface area (Å²) in [5.41, 5.74) is 2.15. The number of hydrogen-bond acceptors (Lipinski definition) is 6. The molecule has 0 radical (unpaired) electrons. The van der Waals surface area contributed by atoms with Crippen molar-refractivity contribution in [2.24, 2.45) is 0 Å². The van der Waals surface area contributed by atoms with Crippen molar-refractivity contribution in [3.8, 4) is 11.8 Å². The number of aromatic nitrogens is 2. The maximum Gasteiger partial charge on any atom is 0.235 e. The lowest BCUT2D eigenvalue weighted by atomic mass is 10.3. The molecular weight excluding hydrogens is 332 g/mol. The fraction of sp³-hybridized carbons (Fsp3) is 0.133. The topological polar surface area (TPSA) is 90.8 Å². The molecule has 3 rings (SSSR count). The molecule has 1 amide bonds. The van der Waals surface area contributed by atoms with Crippen LogP contribution in [0.15, 0.2) is 34.8 Å². The Hall–Kier alpha value is -2.50. The third kappa shape index (κ3) is 3.47.